The summed E-state index contributed by atoms with van der Waals surface area (Å²) in [7, 11) is 0. The number of rotatable bonds is 3. The molecule has 0 unspecified atom stereocenters. The van der Waals surface area contributed by atoms with E-state index in [0.29, 0.717) is 0 Å². The van der Waals surface area contributed by atoms with E-state index in [4.69, 9.17) is 9.47 Å². The Bertz CT molecular complexity index is 1310. The van der Waals surface area contributed by atoms with Gasteiger partial charge in [0.1, 0.15) is 0 Å². The first-order valence-electron chi connectivity index (χ1n) is 9.95. The number of aromatic nitrogens is 1. The maximum Gasteiger partial charge on any atom is 0.350 e. The number of nitrogens with one attached hydrogen (secondary N) is 1. The molecule has 1 aromatic heterocycles. The molecule has 1 saturated heterocycles. The van der Waals surface area contributed by atoms with Crippen LogP contribution in [-0.2, 0) is 19.1 Å². The SMILES string of the molecule is CC1(C)OC(=O)C(=CNc2ccccc2-n2c3ccccc3c3ccccc32)C(=O)O1. The molecule has 2 heterocycles. The summed E-state index contributed by atoms with van der Waals surface area (Å²) in [6, 6.07) is 24.1. The van der Waals surface area contributed by atoms with Gasteiger partial charge in [-0.25, -0.2) is 9.59 Å². The van der Waals surface area contributed by atoms with Crippen molar-refractivity contribution in [3.63, 3.8) is 0 Å². The third-order valence-corrected chi connectivity index (χ3v) is 5.21. The van der Waals surface area contributed by atoms with Gasteiger partial charge in [0.05, 0.1) is 22.4 Å². The summed E-state index contributed by atoms with van der Waals surface area (Å²) < 4.78 is 12.5. The second-order valence-corrected chi connectivity index (χ2v) is 7.77. The molecule has 0 aliphatic carbocycles. The van der Waals surface area contributed by atoms with Crippen LogP contribution in [0.4, 0.5) is 5.69 Å². The molecule has 6 nitrogen and oxygen atoms in total. The summed E-state index contributed by atoms with van der Waals surface area (Å²) in [6.45, 7) is 3.04. The molecule has 1 aliphatic rings. The average molecular weight is 412 g/mol. The number of esters is 2. The van der Waals surface area contributed by atoms with Gasteiger partial charge in [0.25, 0.3) is 5.79 Å². The third kappa shape index (κ3) is 3.22. The third-order valence-electron chi connectivity index (χ3n) is 5.21. The van der Waals surface area contributed by atoms with Crippen molar-refractivity contribution in [2.24, 2.45) is 0 Å². The fourth-order valence-corrected chi connectivity index (χ4v) is 3.90. The number of benzene rings is 3. The van der Waals surface area contributed by atoms with E-state index in [2.05, 4.69) is 34.1 Å². The van der Waals surface area contributed by atoms with E-state index in [9.17, 15) is 9.59 Å². The number of nitrogens with zero attached hydrogens (tertiary/aromatic N) is 1. The van der Waals surface area contributed by atoms with Gasteiger partial charge in [-0.05, 0) is 24.3 Å². The number of carbonyl (C=O) groups is 2. The quantitative estimate of drug-likeness (QED) is 0.294. The van der Waals surface area contributed by atoms with Gasteiger partial charge in [0.15, 0.2) is 5.57 Å². The van der Waals surface area contributed by atoms with E-state index >= 15 is 0 Å². The Hall–Kier alpha value is -4.06. The Balaban J connectivity index is 1.62. The minimum absolute atomic E-state index is 0.184. The van der Waals surface area contributed by atoms with Crippen molar-refractivity contribution in [3.8, 4) is 5.69 Å². The maximum atomic E-state index is 12.3. The van der Waals surface area contributed by atoms with E-state index in [-0.39, 0.29) is 5.57 Å². The van der Waals surface area contributed by atoms with Crippen molar-refractivity contribution in [2.75, 3.05) is 5.32 Å². The predicted molar refractivity (Wildman–Crippen MR) is 119 cm³/mol. The standard InChI is InChI=1S/C25H20N2O4/c1-25(2)30-23(28)18(24(29)31-25)15-26-19-11-5-8-14-22(19)27-20-12-6-3-9-16(20)17-10-4-7-13-21(17)27/h3-15,26H,1-2H3. The minimum Gasteiger partial charge on any atom is -0.419 e. The predicted octanol–water partition coefficient (Wildman–Crippen LogP) is 4.92. The first kappa shape index (κ1) is 18.9. The van der Waals surface area contributed by atoms with Crippen LogP contribution in [0.15, 0.2) is 84.6 Å². The molecule has 5 rings (SSSR count). The average Bonchev–Trinajstić information content (AvgIpc) is 3.07. The van der Waals surface area contributed by atoms with Gasteiger partial charge in [0, 0.05) is 30.8 Å². The van der Waals surface area contributed by atoms with Crippen molar-refractivity contribution in [1.29, 1.82) is 0 Å². The zero-order valence-electron chi connectivity index (χ0n) is 17.1. The van der Waals surface area contributed by atoms with E-state index in [1.807, 2.05) is 48.5 Å². The molecular weight excluding hydrogens is 392 g/mol. The highest BCUT2D eigenvalue weighted by molar-refractivity contribution is 6.15. The zero-order chi connectivity index (χ0) is 21.6. The molecule has 3 aromatic carbocycles. The second kappa shape index (κ2) is 7.02. The van der Waals surface area contributed by atoms with Crippen LogP contribution in [0.5, 0.6) is 0 Å². The zero-order valence-corrected chi connectivity index (χ0v) is 17.1. The van der Waals surface area contributed by atoms with Crippen LogP contribution < -0.4 is 5.32 Å². The van der Waals surface area contributed by atoms with Crippen LogP contribution in [0.2, 0.25) is 0 Å². The summed E-state index contributed by atoms with van der Waals surface area (Å²) in [5.74, 6) is -2.71. The number of ether oxygens (including phenoxy) is 2. The molecule has 4 aromatic rings. The Labute approximate surface area is 178 Å². The molecule has 1 aliphatic heterocycles. The molecule has 0 amide bonds. The van der Waals surface area contributed by atoms with Crippen LogP contribution in [0, 0.1) is 0 Å². The molecule has 6 heteroatoms. The smallest absolute Gasteiger partial charge is 0.350 e. The number of cyclic esters (lactones) is 2. The summed E-state index contributed by atoms with van der Waals surface area (Å²) in [6.07, 6.45) is 1.34. The highest BCUT2D eigenvalue weighted by Crippen LogP contribution is 2.34. The number of carbonyl (C=O) groups excluding carboxylic acids is 2. The fourth-order valence-electron chi connectivity index (χ4n) is 3.90. The number of hydrogen-bond donors (Lipinski definition) is 1. The lowest BCUT2D eigenvalue weighted by molar-refractivity contribution is -0.222. The van der Waals surface area contributed by atoms with Gasteiger partial charge in [-0.3, -0.25) is 0 Å². The van der Waals surface area contributed by atoms with Crippen LogP contribution >= 0.6 is 0 Å². The Morgan fingerprint density at radius 3 is 1.90 bits per heavy atom. The van der Waals surface area contributed by atoms with Crippen molar-refractivity contribution in [2.45, 2.75) is 19.6 Å². The molecular formula is C25H20N2O4. The lowest BCUT2D eigenvalue weighted by Gasteiger charge is -2.29. The Kier molecular flexibility index (Phi) is 4.29. The Morgan fingerprint density at radius 1 is 0.774 bits per heavy atom. The van der Waals surface area contributed by atoms with Crippen LogP contribution in [-0.4, -0.2) is 22.3 Å². The number of anilines is 1. The van der Waals surface area contributed by atoms with Crippen molar-refractivity contribution in [1.82, 2.24) is 4.57 Å². The summed E-state index contributed by atoms with van der Waals surface area (Å²) in [4.78, 5) is 24.5. The highest BCUT2D eigenvalue weighted by atomic mass is 16.7. The summed E-state index contributed by atoms with van der Waals surface area (Å²) in [5, 5.41) is 5.40. The molecule has 0 spiro atoms. The van der Waals surface area contributed by atoms with Crippen molar-refractivity contribution >= 4 is 39.4 Å². The molecule has 0 radical (unpaired) electrons. The van der Waals surface area contributed by atoms with E-state index in [1.165, 1.54) is 20.0 Å². The lowest BCUT2D eigenvalue weighted by atomic mass is 10.2. The first-order valence-corrected chi connectivity index (χ1v) is 9.95. The van der Waals surface area contributed by atoms with Crippen LogP contribution in [0.1, 0.15) is 13.8 Å². The first-order chi connectivity index (χ1) is 14.9. The Morgan fingerprint density at radius 2 is 1.29 bits per heavy atom. The normalized spacial score (nSPS) is 15.6. The maximum absolute atomic E-state index is 12.3. The summed E-state index contributed by atoms with van der Waals surface area (Å²) in [5.41, 5.74) is 3.55. The minimum atomic E-state index is -1.27. The van der Waals surface area contributed by atoms with Crippen LogP contribution in [0.25, 0.3) is 27.5 Å². The van der Waals surface area contributed by atoms with Gasteiger partial charge in [-0.1, -0.05) is 48.5 Å². The lowest BCUT2D eigenvalue weighted by Crippen LogP contribution is -2.42. The molecule has 154 valence electrons. The molecule has 0 bridgehead atoms. The highest BCUT2D eigenvalue weighted by Gasteiger charge is 2.39. The molecule has 31 heavy (non-hydrogen) atoms. The fraction of sp³-hybridized carbons (Fsp3) is 0.120. The van der Waals surface area contributed by atoms with Gasteiger partial charge in [0.2, 0.25) is 0 Å². The molecule has 0 saturated carbocycles. The second-order valence-electron chi connectivity index (χ2n) is 7.77. The number of hydrogen-bond acceptors (Lipinski definition) is 5. The monoisotopic (exact) mass is 412 g/mol. The molecule has 0 atom stereocenters. The van der Waals surface area contributed by atoms with E-state index in [0.717, 1.165) is 33.2 Å². The number of fused-ring (bicyclic) bond motifs is 3. The van der Waals surface area contributed by atoms with Gasteiger partial charge in [-0.2, -0.15) is 0 Å². The summed E-state index contributed by atoms with van der Waals surface area (Å²) >= 11 is 0. The van der Waals surface area contributed by atoms with Gasteiger partial charge >= 0.3 is 11.9 Å². The van der Waals surface area contributed by atoms with E-state index in [1.54, 1.807) is 0 Å². The molecule has 1 N–H and O–H groups in total. The molecule has 1 fully saturated rings. The van der Waals surface area contributed by atoms with Crippen molar-refractivity contribution in [3.05, 3.63) is 84.6 Å². The van der Waals surface area contributed by atoms with Gasteiger partial charge < -0.3 is 19.4 Å². The topological polar surface area (TPSA) is 69.6 Å². The van der Waals surface area contributed by atoms with Gasteiger partial charge in [-0.15, -0.1) is 0 Å². The largest absolute Gasteiger partial charge is 0.419 e. The van der Waals surface area contributed by atoms with Crippen molar-refractivity contribution < 1.29 is 19.1 Å². The van der Waals surface area contributed by atoms with Crippen LogP contribution in [0.3, 0.4) is 0 Å². The number of para-hydroxylation sites is 4. The van der Waals surface area contributed by atoms with E-state index < -0.39 is 17.7 Å².